The second-order valence-electron chi connectivity index (χ2n) is 29.9. The number of aryl methyl sites for hydroxylation is 3. The second kappa shape index (κ2) is 23.3. The monoisotopic (exact) mass is 1360 g/mol. The van der Waals surface area contributed by atoms with Crippen molar-refractivity contribution < 1.29 is 0 Å². The summed E-state index contributed by atoms with van der Waals surface area (Å²) in [5.41, 5.74) is 37.4. The molecule has 4 aliphatic carbocycles. The molecule has 2 spiro atoms. The van der Waals surface area contributed by atoms with Gasteiger partial charge in [0, 0.05) is 34.0 Å². The van der Waals surface area contributed by atoms with E-state index in [2.05, 4.69) is 401 Å². The number of benzene rings is 18. The first-order valence-corrected chi connectivity index (χ1v) is 37.5. The summed E-state index contributed by atoms with van der Waals surface area (Å²) in [5, 5.41) is 9.97. The van der Waals surface area contributed by atoms with Gasteiger partial charge in [-0.1, -0.05) is 297 Å². The van der Waals surface area contributed by atoms with E-state index in [-0.39, 0.29) is 0 Å². The van der Waals surface area contributed by atoms with Crippen LogP contribution in [0, 0.1) is 20.8 Å². The van der Waals surface area contributed by atoms with E-state index in [1.807, 2.05) is 0 Å². The summed E-state index contributed by atoms with van der Waals surface area (Å²) in [6, 6.07) is 140. The molecule has 0 heterocycles. The number of anilines is 6. The maximum Gasteiger partial charge on any atom is 0.0737 e. The number of fused-ring (bicyclic) bond motifs is 28. The van der Waals surface area contributed by atoms with Crippen LogP contribution in [0.3, 0.4) is 0 Å². The van der Waals surface area contributed by atoms with Crippen molar-refractivity contribution in [1.82, 2.24) is 0 Å². The molecular weight excluding hydrogens is 1290 g/mol. The Morgan fingerprint density at radius 3 is 1.14 bits per heavy atom. The first kappa shape index (κ1) is 61.1. The van der Waals surface area contributed by atoms with Crippen molar-refractivity contribution in [3.8, 4) is 77.9 Å². The minimum absolute atomic E-state index is 0.521. The van der Waals surface area contributed by atoms with Crippen LogP contribution < -0.4 is 9.80 Å². The zero-order chi connectivity index (χ0) is 70.8. The van der Waals surface area contributed by atoms with E-state index >= 15 is 0 Å². The molecular formula is C105H70N2. The molecule has 0 aromatic heterocycles. The molecule has 4 aliphatic rings. The molecule has 0 atom stereocenters. The third kappa shape index (κ3) is 8.70. The highest BCUT2D eigenvalue weighted by Crippen LogP contribution is 2.68. The quantitative estimate of drug-likeness (QED) is 0.142. The molecule has 107 heavy (non-hydrogen) atoms. The number of hydrogen-bond acceptors (Lipinski definition) is 2. The standard InChI is InChI=1S/C105H70N2/c1-65-39-40-67(3)99(59-65)107(78-50-57-83-75(62-78)46-54-90-88-52-42-70-27-13-14-30-80(70)100(88)104(102(83)90)94-35-19-15-31-84(94)85-32-16-20-36-95(85)104)79-48-41-66(2)92(64-79)73-43-51-81-72(60-73)44-53-89-91-55-45-74-61-77(49-56-82(74)103(91)105(101(81)89)96-37-21-17-33-86(96)87-34-18-22-38-97(87)105)106(76-28-11-6-12-29-76)98-58-47-71(68-23-7-4-8-24-68)63-93(98)69-25-9-5-10-26-69/h4-64H,1-3H3. The Balaban J connectivity index is 0.695. The summed E-state index contributed by atoms with van der Waals surface area (Å²) in [6.07, 6.45) is 0. The van der Waals surface area contributed by atoms with Crippen molar-refractivity contribution in [2.75, 3.05) is 9.80 Å². The molecule has 2 heteroatoms. The van der Waals surface area contributed by atoms with Gasteiger partial charge in [0.1, 0.15) is 0 Å². The molecule has 0 N–H and O–H groups in total. The number of para-hydroxylation sites is 1. The molecule has 0 saturated heterocycles. The molecule has 0 saturated carbocycles. The summed E-state index contributed by atoms with van der Waals surface area (Å²) in [7, 11) is 0. The van der Waals surface area contributed by atoms with Crippen LogP contribution in [0.25, 0.3) is 121 Å². The molecule has 18 aromatic carbocycles. The van der Waals surface area contributed by atoms with Crippen molar-refractivity contribution in [2.45, 2.75) is 31.6 Å². The summed E-state index contributed by atoms with van der Waals surface area (Å²) in [4.78, 5) is 4.97. The fraction of sp³-hybridized carbons (Fsp3) is 0.0476. The van der Waals surface area contributed by atoms with Gasteiger partial charge < -0.3 is 9.80 Å². The van der Waals surface area contributed by atoms with Crippen molar-refractivity contribution in [3.63, 3.8) is 0 Å². The van der Waals surface area contributed by atoms with Gasteiger partial charge in [-0.15, -0.1) is 0 Å². The summed E-state index contributed by atoms with van der Waals surface area (Å²) >= 11 is 0. The van der Waals surface area contributed by atoms with E-state index in [1.165, 1.54) is 177 Å². The minimum atomic E-state index is -0.625. The lowest BCUT2D eigenvalue weighted by Crippen LogP contribution is -2.26. The van der Waals surface area contributed by atoms with E-state index < -0.39 is 10.8 Å². The average Bonchev–Trinajstić information content (AvgIpc) is 1.50. The van der Waals surface area contributed by atoms with Crippen LogP contribution in [0.5, 0.6) is 0 Å². The molecule has 18 aromatic rings. The third-order valence-electron chi connectivity index (χ3n) is 24.3. The van der Waals surface area contributed by atoms with Crippen LogP contribution in [-0.4, -0.2) is 0 Å². The Kier molecular flexibility index (Phi) is 13.3. The molecule has 2 nitrogen and oxygen atoms in total. The smallest absolute Gasteiger partial charge is 0.0737 e. The molecule has 22 rings (SSSR count). The SMILES string of the molecule is Cc1ccc(C)c(N(c2ccc(C)c(-c3ccc4c5c(ccc4c3)-c3ccc4cc(N(c6ccccc6)c6ccc(-c7ccccc7)cc6-c6ccccc6)ccc4c3C53c4ccccc4-c4ccccc43)c2)c2ccc3c4c(ccc3c2)-c2ccc3ccccc3c2C42c3ccccc3-c3ccccc32)c1. The van der Waals surface area contributed by atoms with Crippen LogP contribution in [0.4, 0.5) is 34.1 Å². The van der Waals surface area contributed by atoms with Crippen molar-refractivity contribution in [2.24, 2.45) is 0 Å². The lowest BCUT2D eigenvalue weighted by molar-refractivity contribution is 0.809. The lowest BCUT2D eigenvalue weighted by Gasteiger charge is -2.33. The predicted octanol–water partition coefficient (Wildman–Crippen LogP) is 27.9. The minimum Gasteiger partial charge on any atom is -0.310 e. The second-order valence-corrected chi connectivity index (χ2v) is 29.9. The summed E-state index contributed by atoms with van der Waals surface area (Å²) in [6.45, 7) is 6.75. The van der Waals surface area contributed by atoms with Gasteiger partial charge in [-0.3, -0.25) is 0 Å². The van der Waals surface area contributed by atoms with E-state index in [1.54, 1.807) is 0 Å². The van der Waals surface area contributed by atoms with Gasteiger partial charge in [0.05, 0.1) is 16.5 Å². The zero-order valence-corrected chi connectivity index (χ0v) is 59.6. The van der Waals surface area contributed by atoms with Gasteiger partial charge in [0.15, 0.2) is 0 Å². The Morgan fingerprint density at radius 1 is 0.196 bits per heavy atom. The van der Waals surface area contributed by atoms with Crippen molar-refractivity contribution >= 4 is 77.2 Å². The number of hydrogen-bond donors (Lipinski definition) is 0. The highest BCUT2D eigenvalue weighted by molar-refractivity contribution is 6.13. The van der Waals surface area contributed by atoms with E-state index in [4.69, 9.17) is 0 Å². The lowest BCUT2D eigenvalue weighted by atomic mass is 9.68. The number of nitrogens with zero attached hydrogens (tertiary/aromatic N) is 2. The van der Waals surface area contributed by atoms with Crippen LogP contribution in [-0.2, 0) is 10.8 Å². The maximum atomic E-state index is 2.51. The first-order valence-electron chi connectivity index (χ1n) is 37.5. The van der Waals surface area contributed by atoms with Gasteiger partial charge in [-0.05, 0) is 270 Å². The molecule has 0 aliphatic heterocycles. The Bertz CT molecular complexity index is 6710. The van der Waals surface area contributed by atoms with Crippen LogP contribution >= 0.6 is 0 Å². The summed E-state index contributed by atoms with van der Waals surface area (Å²) < 4.78 is 0. The largest absolute Gasteiger partial charge is 0.310 e. The highest BCUT2D eigenvalue weighted by atomic mass is 15.2. The molecule has 0 radical (unpaired) electrons. The average molecular weight is 1360 g/mol. The molecule has 500 valence electrons. The molecule has 0 bridgehead atoms. The van der Waals surface area contributed by atoms with Crippen LogP contribution in [0.1, 0.15) is 61.2 Å². The van der Waals surface area contributed by atoms with E-state index in [0.29, 0.717) is 0 Å². The van der Waals surface area contributed by atoms with Gasteiger partial charge in [0.2, 0.25) is 0 Å². The van der Waals surface area contributed by atoms with Gasteiger partial charge in [-0.25, -0.2) is 0 Å². The molecule has 0 unspecified atom stereocenters. The Hall–Kier alpha value is -13.4. The van der Waals surface area contributed by atoms with Crippen LogP contribution in [0.2, 0.25) is 0 Å². The van der Waals surface area contributed by atoms with Gasteiger partial charge in [-0.2, -0.15) is 0 Å². The van der Waals surface area contributed by atoms with Gasteiger partial charge in [0.25, 0.3) is 0 Å². The van der Waals surface area contributed by atoms with E-state index in [9.17, 15) is 0 Å². The third-order valence-corrected chi connectivity index (χ3v) is 24.3. The molecule has 0 fully saturated rings. The summed E-state index contributed by atoms with van der Waals surface area (Å²) in [5.74, 6) is 0. The first-order chi connectivity index (χ1) is 52.8. The van der Waals surface area contributed by atoms with Crippen molar-refractivity contribution in [3.05, 3.63) is 431 Å². The fourth-order valence-electron chi connectivity index (χ4n) is 19.8. The van der Waals surface area contributed by atoms with Crippen LogP contribution in [0.15, 0.2) is 370 Å². The number of rotatable bonds is 9. The van der Waals surface area contributed by atoms with Gasteiger partial charge >= 0.3 is 0 Å². The zero-order valence-electron chi connectivity index (χ0n) is 59.6. The predicted molar refractivity (Wildman–Crippen MR) is 449 cm³/mol. The molecule has 0 amide bonds. The maximum absolute atomic E-state index is 2.51. The normalized spacial score (nSPS) is 13.3. The highest BCUT2D eigenvalue weighted by Gasteiger charge is 2.55. The Labute approximate surface area is 623 Å². The van der Waals surface area contributed by atoms with E-state index in [0.717, 1.165) is 39.7 Å². The van der Waals surface area contributed by atoms with Crippen molar-refractivity contribution in [1.29, 1.82) is 0 Å². The topological polar surface area (TPSA) is 6.48 Å². The Morgan fingerprint density at radius 2 is 0.598 bits per heavy atom. The fourth-order valence-corrected chi connectivity index (χ4v) is 19.8.